The van der Waals surface area contributed by atoms with Crippen molar-refractivity contribution in [1.29, 1.82) is 0 Å². The summed E-state index contributed by atoms with van der Waals surface area (Å²) in [7, 11) is 0. The molecule has 0 aliphatic heterocycles. The monoisotopic (exact) mass is 333 g/mol. The largest absolute Gasteiger partial charge is 0.294 e. The molecule has 0 saturated carbocycles. The molecule has 0 saturated heterocycles. The van der Waals surface area contributed by atoms with Gasteiger partial charge in [-0.2, -0.15) is 0 Å². The molecule has 1 aromatic heterocycles. The van der Waals surface area contributed by atoms with Gasteiger partial charge in [-0.25, -0.2) is 0 Å². The molecule has 2 nitrogen and oxygen atoms in total. The standard InChI is InChI=1S/C21H16ClNO/c22-17-8-6-15(7-9-17)18-10-11-23-19-12-16(13-20(24)21(18)19)14-4-2-1-3-5-14/h1-11,16H,12-13H2. The third-order valence-corrected chi connectivity index (χ3v) is 4.86. The molecule has 1 atom stereocenters. The van der Waals surface area contributed by atoms with Gasteiger partial charge in [0.05, 0.1) is 5.69 Å². The lowest BCUT2D eigenvalue weighted by Crippen LogP contribution is -2.21. The summed E-state index contributed by atoms with van der Waals surface area (Å²) in [5.74, 6) is 0.377. The predicted molar refractivity (Wildman–Crippen MR) is 96.5 cm³/mol. The van der Waals surface area contributed by atoms with Gasteiger partial charge in [0.15, 0.2) is 5.78 Å². The van der Waals surface area contributed by atoms with E-state index in [0.29, 0.717) is 11.4 Å². The number of fused-ring (bicyclic) bond motifs is 1. The third-order valence-electron chi connectivity index (χ3n) is 4.61. The fraction of sp³-hybridized carbons (Fsp3) is 0.143. The van der Waals surface area contributed by atoms with E-state index in [4.69, 9.17) is 11.6 Å². The number of hydrogen-bond donors (Lipinski definition) is 0. The molecule has 0 amide bonds. The molecule has 1 aliphatic carbocycles. The van der Waals surface area contributed by atoms with Crippen molar-refractivity contribution in [2.75, 3.05) is 0 Å². The summed E-state index contributed by atoms with van der Waals surface area (Å²) in [4.78, 5) is 17.4. The number of carbonyl (C=O) groups is 1. The zero-order valence-electron chi connectivity index (χ0n) is 13.1. The van der Waals surface area contributed by atoms with Gasteiger partial charge in [-0.15, -0.1) is 0 Å². The summed E-state index contributed by atoms with van der Waals surface area (Å²) < 4.78 is 0. The number of benzene rings is 2. The maximum Gasteiger partial charge on any atom is 0.165 e. The van der Waals surface area contributed by atoms with Crippen LogP contribution in [-0.4, -0.2) is 10.8 Å². The van der Waals surface area contributed by atoms with Gasteiger partial charge in [-0.05, 0) is 47.2 Å². The van der Waals surface area contributed by atoms with Crippen LogP contribution in [0.3, 0.4) is 0 Å². The quantitative estimate of drug-likeness (QED) is 0.635. The Hall–Kier alpha value is -2.45. The summed E-state index contributed by atoms with van der Waals surface area (Å²) in [6.45, 7) is 0. The summed E-state index contributed by atoms with van der Waals surface area (Å²) in [6.07, 6.45) is 3.12. The molecule has 118 valence electrons. The zero-order chi connectivity index (χ0) is 16.5. The molecule has 1 unspecified atom stereocenters. The molecule has 0 bridgehead atoms. The van der Waals surface area contributed by atoms with Gasteiger partial charge in [0, 0.05) is 23.2 Å². The Labute approximate surface area is 146 Å². The highest BCUT2D eigenvalue weighted by molar-refractivity contribution is 6.30. The Kier molecular flexibility index (Phi) is 3.91. The molecular weight excluding hydrogens is 318 g/mol. The fourth-order valence-corrected chi connectivity index (χ4v) is 3.56. The lowest BCUT2D eigenvalue weighted by Gasteiger charge is -2.25. The van der Waals surface area contributed by atoms with Gasteiger partial charge < -0.3 is 0 Å². The van der Waals surface area contributed by atoms with Crippen molar-refractivity contribution in [3.05, 3.63) is 88.7 Å². The van der Waals surface area contributed by atoms with Gasteiger partial charge in [0.2, 0.25) is 0 Å². The van der Waals surface area contributed by atoms with Crippen LogP contribution in [0.1, 0.15) is 34.0 Å². The predicted octanol–water partition coefficient (Wildman–Crippen LogP) is 5.31. The maximum absolute atomic E-state index is 12.9. The molecule has 3 heteroatoms. The number of aromatic nitrogens is 1. The topological polar surface area (TPSA) is 30.0 Å². The number of pyridine rings is 1. The van der Waals surface area contributed by atoms with E-state index in [9.17, 15) is 4.79 Å². The number of ketones is 1. The van der Waals surface area contributed by atoms with Gasteiger partial charge in [0.1, 0.15) is 0 Å². The molecule has 1 heterocycles. The molecule has 0 radical (unpaired) electrons. The van der Waals surface area contributed by atoms with Crippen molar-refractivity contribution in [1.82, 2.24) is 4.98 Å². The third kappa shape index (κ3) is 2.74. The molecular formula is C21H16ClNO. The highest BCUT2D eigenvalue weighted by Gasteiger charge is 2.29. The second kappa shape index (κ2) is 6.21. The Morgan fingerprint density at radius 3 is 2.42 bits per heavy atom. The first kappa shape index (κ1) is 15.1. The molecule has 3 aromatic rings. The van der Waals surface area contributed by atoms with Crippen molar-refractivity contribution in [3.8, 4) is 11.1 Å². The van der Waals surface area contributed by atoms with Crippen LogP contribution in [0, 0.1) is 0 Å². The number of Topliss-reactive ketones (excluding diaryl/α,β-unsaturated/α-hetero) is 1. The van der Waals surface area contributed by atoms with E-state index < -0.39 is 0 Å². The summed E-state index contributed by atoms with van der Waals surface area (Å²) >= 11 is 5.98. The van der Waals surface area contributed by atoms with Crippen LogP contribution in [0.5, 0.6) is 0 Å². The van der Waals surface area contributed by atoms with Gasteiger partial charge in [0.25, 0.3) is 0 Å². The van der Waals surface area contributed by atoms with E-state index >= 15 is 0 Å². The van der Waals surface area contributed by atoms with Crippen LogP contribution in [-0.2, 0) is 6.42 Å². The SMILES string of the molecule is O=C1CC(c2ccccc2)Cc2nccc(-c3ccc(Cl)cc3)c21. The molecule has 1 aliphatic rings. The van der Waals surface area contributed by atoms with Crippen LogP contribution in [0.25, 0.3) is 11.1 Å². The van der Waals surface area contributed by atoms with Crippen molar-refractivity contribution in [2.45, 2.75) is 18.8 Å². The van der Waals surface area contributed by atoms with E-state index in [-0.39, 0.29) is 11.7 Å². The van der Waals surface area contributed by atoms with Crippen LogP contribution in [0.15, 0.2) is 66.9 Å². The lowest BCUT2D eigenvalue weighted by molar-refractivity contribution is 0.0964. The van der Waals surface area contributed by atoms with Crippen molar-refractivity contribution < 1.29 is 4.79 Å². The lowest BCUT2D eigenvalue weighted by atomic mass is 9.79. The smallest absolute Gasteiger partial charge is 0.165 e. The minimum absolute atomic E-state index is 0.170. The van der Waals surface area contributed by atoms with Crippen LogP contribution in [0.2, 0.25) is 5.02 Å². The van der Waals surface area contributed by atoms with E-state index in [2.05, 4.69) is 17.1 Å². The molecule has 0 N–H and O–H groups in total. The average molecular weight is 334 g/mol. The first-order valence-corrected chi connectivity index (χ1v) is 8.42. The number of hydrogen-bond acceptors (Lipinski definition) is 2. The van der Waals surface area contributed by atoms with Gasteiger partial charge in [-0.3, -0.25) is 9.78 Å². The van der Waals surface area contributed by atoms with E-state index in [0.717, 1.165) is 28.8 Å². The molecule has 4 rings (SSSR count). The second-order valence-electron chi connectivity index (χ2n) is 6.13. The summed E-state index contributed by atoms with van der Waals surface area (Å²) in [5.41, 5.74) is 4.83. The average Bonchev–Trinajstić information content (AvgIpc) is 2.62. The van der Waals surface area contributed by atoms with Gasteiger partial charge >= 0.3 is 0 Å². The molecule has 0 spiro atoms. The first-order valence-electron chi connectivity index (χ1n) is 8.04. The van der Waals surface area contributed by atoms with Crippen LogP contribution < -0.4 is 0 Å². The van der Waals surface area contributed by atoms with Crippen LogP contribution >= 0.6 is 11.6 Å². The number of nitrogens with zero attached hydrogens (tertiary/aromatic N) is 1. The van der Waals surface area contributed by atoms with Crippen molar-refractivity contribution in [3.63, 3.8) is 0 Å². The maximum atomic E-state index is 12.9. The number of carbonyl (C=O) groups excluding carboxylic acids is 1. The summed E-state index contributed by atoms with van der Waals surface area (Å²) in [5, 5.41) is 0.692. The number of halogens is 1. The number of rotatable bonds is 2. The minimum Gasteiger partial charge on any atom is -0.294 e. The van der Waals surface area contributed by atoms with E-state index in [1.54, 1.807) is 6.20 Å². The van der Waals surface area contributed by atoms with E-state index in [1.165, 1.54) is 5.56 Å². The second-order valence-corrected chi connectivity index (χ2v) is 6.56. The molecule has 2 aromatic carbocycles. The van der Waals surface area contributed by atoms with Crippen molar-refractivity contribution in [2.24, 2.45) is 0 Å². The van der Waals surface area contributed by atoms with E-state index in [1.807, 2.05) is 48.5 Å². The summed E-state index contributed by atoms with van der Waals surface area (Å²) in [6, 6.07) is 19.7. The Balaban J connectivity index is 1.76. The Morgan fingerprint density at radius 2 is 1.67 bits per heavy atom. The van der Waals surface area contributed by atoms with Crippen LogP contribution in [0.4, 0.5) is 0 Å². The molecule has 0 fully saturated rings. The first-order chi connectivity index (χ1) is 11.7. The van der Waals surface area contributed by atoms with Crippen molar-refractivity contribution >= 4 is 17.4 Å². The highest BCUT2D eigenvalue weighted by Crippen LogP contribution is 2.36. The zero-order valence-corrected chi connectivity index (χ0v) is 13.8. The molecule has 24 heavy (non-hydrogen) atoms. The fourth-order valence-electron chi connectivity index (χ4n) is 3.43. The highest BCUT2D eigenvalue weighted by atomic mass is 35.5. The minimum atomic E-state index is 0.170. The normalized spacial score (nSPS) is 16.7. The Bertz CT molecular complexity index is 887. The van der Waals surface area contributed by atoms with Gasteiger partial charge in [-0.1, -0.05) is 54.1 Å². The Morgan fingerprint density at radius 1 is 0.917 bits per heavy atom.